The lowest BCUT2D eigenvalue weighted by Crippen LogP contribution is -2.13. The van der Waals surface area contributed by atoms with Gasteiger partial charge in [-0.05, 0) is 41.1 Å². The average Bonchev–Trinajstić information content (AvgIpc) is 3.01. The SMILES string of the molecule is COc1cc2ccccc2cc1C(=O)Nc1nc2ccc(F)cc2s1. The van der Waals surface area contributed by atoms with Gasteiger partial charge in [-0.3, -0.25) is 10.1 Å². The molecule has 0 bridgehead atoms. The van der Waals surface area contributed by atoms with Gasteiger partial charge in [0.05, 0.1) is 22.9 Å². The number of rotatable bonds is 3. The van der Waals surface area contributed by atoms with Crippen molar-refractivity contribution in [3.8, 4) is 5.75 Å². The highest BCUT2D eigenvalue weighted by Crippen LogP contribution is 2.29. The molecule has 25 heavy (non-hydrogen) atoms. The minimum Gasteiger partial charge on any atom is -0.496 e. The summed E-state index contributed by atoms with van der Waals surface area (Å²) in [6, 6.07) is 15.7. The molecule has 6 heteroatoms. The van der Waals surface area contributed by atoms with E-state index < -0.39 is 0 Å². The van der Waals surface area contributed by atoms with Crippen molar-refractivity contribution in [2.24, 2.45) is 0 Å². The van der Waals surface area contributed by atoms with Crippen LogP contribution in [0.2, 0.25) is 0 Å². The maximum atomic E-state index is 13.3. The van der Waals surface area contributed by atoms with E-state index in [1.54, 1.807) is 12.1 Å². The quantitative estimate of drug-likeness (QED) is 0.573. The summed E-state index contributed by atoms with van der Waals surface area (Å²) in [5.74, 6) is -0.157. The van der Waals surface area contributed by atoms with Crippen LogP contribution < -0.4 is 10.1 Å². The number of nitrogens with one attached hydrogen (secondary N) is 1. The lowest BCUT2D eigenvalue weighted by molar-refractivity contribution is 0.102. The lowest BCUT2D eigenvalue weighted by Gasteiger charge is -2.09. The van der Waals surface area contributed by atoms with E-state index in [9.17, 15) is 9.18 Å². The van der Waals surface area contributed by atoms with Crippen LogP contribution in [0.4, 0.5) is 9.52 Å². The summed E-state index contributed by atoms with van der Waals surface area (Å²) in [6.07, 6.45) is 0. The van der Waals surface area contributed by atoms with Crippen LogP contribution in [-0.2, 0) is 0 Å². The summed E-state index contributed by atoms with van der Waals surface area (Å²) in [5.41, 5.74) is 1.07. The Kier molecular flexibility index (Phi) is 3.82. The fraction of sp³-hybridized carbons (Fsp3) is 0.0526. The molecule has 1 aromatic heterocycles. The molecule has 0 radical (unpaired) electrons. The Morgan fingerprint density at radius 2 is 1.88 bits per heavy atom. The molecule has 0 aliphatic rings. The molecule has 0 saturated heterocycles. The van der Waals surface area contributed by atoms with Crippen molar-refractivity contribution in [3.05, 3.63) is 66.0 Å². The van der Waals surface area contributed by atoms with Gasteiger partial charge in [0.15, 0.2) is 5.13 Å². The number of anilines is 1. The maximum Gasteiger partial charge on any atom is 0.261 e. The summed E-state index contributed by atoms with van der Waals surface area (Å²) in [5, 5.41) is 5.13. The Morgan fingerprint density at radius 1 is 1.12 bits per heavy atom. The van der Waals surface area contributed by atoms with Gasteiger partial charge in [-0.25, -0.2) is 9.37 Å². The zero-order chi connectivity index (χ0) is 17.4. The van der Waals surface area contributed by atoms with Crippen molar-refractivity contribution >= 4 is 43.4 Å². The van der Waals surface area contributed by atoms with E-state index in [-0.39, 0.29) is 11.7 Å². The van der Waals surface area contributed by atoms with Crippen molar-refractivity contribution < 1.29 is 13.9 Å². The van der Waals surface area contributed by atoms with Crippen molar-refractivity contribution in [2.75, 3.05) is 12.4 Å². The van der Waals surface area contributed by atoms with E-state index in [0.29, 0.717) is 26.7 Å². The van der Waals surface area contributed by atoms with Gasteiger partial charge < -0.3 is 4.74 Å². The second kappa shape index (κ2) is 6.14. The lowest BCUT2D eigenvalue weighted by atomic mass is 10.1. The second-order valence-corrected chi connectivity index (χ2v) is 6.52. The Bertz CT molecular complexity index is 1110. The summed E-state index contributed by atoms with van der Waals surface area (Å²) < 4.78 is 19.3. The first kappa shape index (κ1) is 15.5. The Balaban J connectivity index is 1.70. The van der Waals surface area contributed by atoms with Crippen LogP contribution >= 0.6 is 11.3 Å². The molecule has 0 fully saturated rings. The number of fused-ring (bicyclic) bond motifs is 2. The smallest absolute Gasteiger partial charge is 0.261 e. The highest BCUT2D eigenvalue weighted by atomic mass is 32.1. The zero-order valence-corrected chi connectivity index (χ0v) is 14.1. The molecule has 1 N–H and O–H groups in total. The van der Waals surface area contributed by atoms with Gasteiger partial charge in [-0.1, -0.05) is 35.6 Å². The van der Waals surface area contributed by atoms with Gasteiger partial charge in [-0.15, -0.1) is 0 Å². The van der Waals surface area contributed by atoms with Gasteiger partial charge in [-0.2, -0.15) is 0 Å². The monoisotopic (exact) mass is 352 g/mol. The largest absolute Gasteiger partial charge is 0.496 e. The third-order valence-electron chi connectivity index (χ3n) is 3.88. The molecule has 0 aliphatic carbocycles. The molecule has 0 aliphatic heterocycles. The normalized spacial score (nSPS) is 11.0. The Morgan fingerprint density at radius 3 is 2.64 bits per heavy atom. The van der Waals surface area contributed by atoms with Crippen molar-refractivity contribution in [1.82, 2.24) is 4.98 Å². The molecule has 1 amide bonds. The highest BCUT2D eigenvalue weighted by Gasteiger charge is 2.16. The summed E-state index contributed by atoms with van der Waals surface area (Å²) in [4.78, 5) is 17.0. The molecule has 0 saturated carbocycles. The predicted octanol–water partition coefficient (Wildman–Crippen LogP) is 4.85. The first-order chi connectivity index (χ1) is 12.1. The number of ether oxygens (including phenoxy) is 1. The summed E-state index contributed by atoms with van der Waals surface area (Å²) in [7, 11) is 1.53. The molecule has 4 aromatic rings. The summed E-state index contributed by atoms with van der Waals surface area (Å²) in [6.45, 7) is 0. The van der Waals surface area contributed by atoms with E-state index in [0.717, 1.165) is 10.8 Å². The maximum absolute atomic E-state index is 13.3. The molecule has 3 aromatic carbocycles. The first-order valence-electron chi connectivity index (χ1n) is 7.58. The number of halogens is 1. The molecule has 0 unspecified atom stereocenters. The van der Waals surface area contributed by atoms with E-state index in [1.165, 1.54) is 30.6 Å². The summed E-state index contributed by atoms with van der Waals surface area (Å²) >= 11 is 1.23. The highest BCUT2D eigenvalue weighted by molar-refractivity contribution is 7.22. The van der Waals surface area contributed by atoms with Crippen LogP contribution in [-0.4, -0.2) is 18.0 Å². The van der Waals surface area contributed by atoms with Gasteiger partial charge >= 0.3 is 0 Å². The zero-order valence-electron chi connectivity index (χ0n) is 13.2. The standard InChI is InChI=1S/C19H13FN2O2S/c1-24-16-9-12-5-3-2-4-11(12)8-14(16)18(23)22-19-21-15-7-6-13(20)10-17(15)25-19/h2-10H,1H3,(H,21,22,23). The predicted molar refractivity (Wildman–Crippen MR) is 98.0 cm³/mol. The van der Waals surface area contributed by atoms with E-state index in [1.807, 2.05) is 30.3 Å². The molecule has 4 rings (SSSR count). The van der Waals surface area contributed by atoms with Gasteiger partial charge in [0.1, 0.15) is 11.6 Å². The minimum atomic E-state index is -0.328. The number of carbonyl (C=O) groups excluding carboxylic acids is 1. The third kappa shape index (κ3) is 2.92. The van der Waals surface area contributed by atoms with Crippen LogP contribution in [0.3, 0.4) is 0 Å². The third-order valence-corrected chi connectivity index (χ3v) is 4.82. The van der Waals surface area contributed by atoms with Crippen LogP contribution in [0.15, 0.2) is 54.6 Å². The van der Waals surface area contributed by atoms with Gasteiger partial charge in [0.2, 0.25) is 0 Å². The number of carbonyl (C=O) groups is 1. The minimum absolute atomic E-state index is 0.317. The Labute approximate surface area is 146 Å². The second-order valence-electron chi connectivity index (χ2n) is 5.48. The molecule has 1 heterocycles. The fourth-order valence-corrected chi connectivity index (χ4v) is 3.57. The average molecular weight is 352 g/mol. The number of nitrogens with zero attached hydrogens (tertiary/aromatic N) is 1. The molecule has 4 nitrogen and oxygen atoms in total. The molecule has 0 spiro atoms. The van der Waals surface area contributed by atoms with Gasteiger partial charge in [0.25, 0.3) is 5.91 Å². The first-order valence-corrected chi connectivity index (χ1v) is 8.40. The molecule has 124 valence electrons. The van der Waals surface area contributed by atoms with Crippen LogP contribution in [0.25, 0.3) is 21.0 Å². The van der Waals surface area contributed by atoms with Crippen molar-refractivity contribution in [3.63, 3.8) is 0 Å². The fourth-order valence-electron chi connectivity index (χ4n) is 2.68. The number of amides is 1. The Hall–Kier alpha value is -2.99. The van der Waals surface area contributed by atoms with Gasteiger partial charge in [0, 0.05) is 0 Å². The number of hydrogen-bond acceptors (Lipinski definition) is 4. The number of thiazole rings is 1. The topological polar surface area (TPSA) is 51.2 Å². The number of aromatic nitrogens is 1. The number of methoxy groups -OCH3 is 1. The van der Waals surface area contributed by atoms with Crippen LogP contribution in [0.1, 0.15) is 10.4 Å². The van der Waals surface area contributed by atoms with E-state index in [4.69, 9.17) is 4.74 Å². The molecule has 0 atom stereocenters. The van der Waals surface area contributed by atoms with E-state index >= 15 is 0 Å². The number of benzene rings is 3. The molecular formula is C19H13FN2O2S. The molecular weight excluding hydrogens is 339 g/mol. The van der Waals surface area contributed by atoms with Crippen molar-refractivity contribution in [1.29, 1.82) is 0 Å². The van der Waals surface area contributed by atoms with Crippen LogP contribution in [0, 0.1) is 5.82 Å². The van der Waals surface area contributed by atoms with Crippen molar-refractivity contribution in [2.45, 2.75) is 0 Å². The van der Waals surface area contributed by atoms with Crippen LogP contribution in [0.5, 0.6) is 5.75 Å². The number of hydrogen-bond donors (Lipinski definition) is 1. The van der Waals surface area contributed by atoms with E-state index in [2.05, 4.69) is 10.3 Å².